The maximum Gasteiger partial charge on any atom is 0.270 e. The number of hydrogen-bond donors (Lipinski definition) is 0. The molecule has 1 aromatic carbocycles. The molecule has 0 radical (unpaired) electrons. The Morgan fingerprint density at radius 3 is 2.47 bits per heavy atom. The fourth-order valence-corrected chi connectivity index (χ4v) is 1.38. The average molecular weight is 223 g/mol. The highest BCUT2D eigenvalue weighted by Gasteiger charge is 2.18. The fourth-order valence-electron chi connectivity index (χ4n) is 1.18. The van der Waals surface area contributed by atoms with Gasteiger partial charge in [0, 0.05) is 6.42 Å². The molecule has 15 heavy (non-hydrogen) atoms. The van der Waals surface area contributed by atoms with Crippen molar-refractivity contribution in [3.63, 3.8) is 0 Å². The van der Waals surface area contributed by atoms with Crippen molar-refractivity contribution in [2.75, 3.05) is 12.0 Å². The number of methoxy groups -OCH3 is 1. The molecule has 1 amide bonds. The first-order valence-electron chi connectivity index (χ1n) is 4.66. The van der Waals surface area contributed by atoms with E-state index in [0.29, 0.717) is 6.42 Å². The number of ether oxygens (including phenoxy) is 1. The summed E-state index contributed by atoms with van der Waals surface area (Å²) in [7, 11) is 1.46. The third-order valence-electron chi connectivity index (χ3n) is 1.92. The molecule has 0 saturated heterocycles. The smallest absolute Gasteiger partial charge is 0.270 e. The molecule has 0 aromatic heterocycles. The van der Waals surface area contributed by atoms with Crippen molar-refractivity contribution in [2.45, 2.75) is 13.3 Å². The molecule has 0 aliphatic heterocycles. The molecule has 0 spiro atoms. The van der Waals surface area contributed by atoms with Crippen LogP contribution in [0.5, 0.6) is 0 Å². The highest BCUT2D eigenvalue weighted by atomic mass is 32.1. The Morgan fingerprint density at radius 2 is 2.00 bits per heavy atom. The predicted molar refractivity (Wildman–Crippen MR) is 63.8 cm³/mol. The number of carbonyl (C=O) groups is 1. The number of anilines is 1. The number of nitrogens with zero attached hydrogens (tertiary/aromatic N) is 1. The van der Waals surface area contributed by atoms with Crippen molar-refractivity contribution in [2.24, 2.45) is 0 Å². The summed E-state index contributed by atoms with van der Waals surface area (Å²) in [6, 6.07) is 9.22. The minimum Gasteiger partial charge on any atom is -0.474 e. The second-order valence-corrected chi connectivity index (χ2v) is 3.24. The summed E-state index contributed by atoms with van der Waals surface area (Å²) in [5.41, 5.74) is 0.733. The summed E-state index contributed by atoms with van der Waals surface area (Å²) in [5.74, 6) is -0.0759. The Labute approximate surface area is 94.6 Å². The van der Waals surface area contributed by atoms with Gasteiger partial charge in [0.25, 0.3) is 5.17 Å². The number of para-hydroxylation sites is 1. The van der Waals surface area contributed by atoms with Crippen LogP contribution in [0.15, 0.2) is 30.3 Å². The van der Waals surface area contributed by atoms with E-state index in [0.717, 1.165) is 5.69 Å². The molecule has 0 heterocycles. The molecule has 80 valence electrons. The minimum atomic E-state index is -0.0759. The maximum atomic E-state index is 11.7. The Kier molecular flexibility index (Phi) is 4.24. The zero-order valence-electron chi connectivity index (χ0n) is 8.77. The number of carbonyl (C=O) groups excluding carboxylic acids is 1. The third-order valence-corrected chi connectivity index (χ3v) is 2.27. The van der Waals surface area contributed by atoms with Crippen LogP contribution in [0.2, 0.25) is 0 Å². The van der Waals surface area contributed by atoms with Gasteiger partial charge in [-0.15, -0.1) is 0 Å². The summed E-state index contributed by atoms with van der Waals surface area (Å²) in [6.07, 6.45) is 0.387. The van der Waals surface area contributed by atoms with Crippen LogP contribution in [0.1, 0.15) is 13.3 Å². The van der Waals surface area contributed by atoms with Crippen LogP contribution in [0.25, 0.3) is 0 Å². The lowest BCUT2D eigenvalue weighted by molar-refractivity contribution is -0.117. The molecule has 3 nitrogen and oxygen atoms in total. The summed E-state index contributed by atoms with van der Waals surface area (Å²) in [6.45, 7) is 1.79. The molecule has 0 aliphatic carbocycles. The number of rotatable bonds is 2. The van der Waals surface area contributed by atoms with Crippen molar-refractivity contribution >= 4 is 29.0 Å². The lowest BCUT2D eigenvalue weighted by Gasteiger charge is -2.21. The number of thiocarbonyl (C=S) groups is 1. The van der Waals surface area contributed by atoms with Gasteiger partial charge in [-0.25, -0.2) is 4.90 Å². The molecular weight excluding hydrogens is 210 g/mol. The zero-order chi connectivity index (χ0) is 11.3. The van der Waals surface area contributed by atoms with E-state index in [1.165, 1.54) is 12.0 Å². The highest BCUT2D eigenvalue weighted by molar-refractivity contribution is 7.80. The van der Waals surface area contributed by atoms with E-state index in [1.54, 1.807) is 6.92 Å². The molecule has 0 aliphatic rings. The van der Waals surface area contributed by atoms with Crippen molar-refractivity contribution in [1.29, 1.82) is 0 Å². The number of hydrogen-bond acceptors (Lipinski definition) is 3. The van der Waals surface area contributed by atoms with Crippen LogP contribution < -0.4 is 4.90 Å². The predicted octanol–water partition coefficient (Wildman–Crippen LogP) is 2.36. The maximum absolute atomic E-state index is 11.7. The Balaban J connectivity index is 3.02. The van der Waals surface area contributed by atoms with E-state index in [2.05, 4.69) is 0 Å². The van der Waals surface area contributed by atoms with Gasteiger partial charge < -0.3 is 4.74 Å². The van der Waals surface area contributed by atoms with Crippen molar-refractivity contribution in [3.8, 4) is 0 Å². The topological polar surface area (TPSA) is 29.5 Å². The van der Waals surface area contributed by atoms with Crippen LogP contribution in [0.3, 0.4) is 0 Å². The SMILES string of the molecule is CCC(=O)N(C(=S)OC)c1ccccc1. The first-order chi connectivity index (χ1) is 7.20. The first-order valence-corrected chi connectivity index (χ1v) is 5.07. The third kappa shape index (κ3) is 2.76. The van der Waals surface area contributed by atoms with Gasteiger partial charge in [0.05, 0.1) is 12.8 Å². The van der Waals surface area contributed by atoms with E-state index < -0.39 is 0 Å². The van der Waals surface area contributed by atoms with Crippen molar-refractivity contribution < 1.29 is 9.53 Å². The largest absolute Gasteiger partial charge is 0.474 e. The monoisotopic (exact) mass is 223 g/mol. The second kappa shape index (κ2) is 5.46. The standard InChI is InChI=1S/C11H13NO2S/c1-3-10(13)12(11(15)14-2)9-7-5-4-6-8-9/h4-8H,3H2,1-2H3. The van der Waals surface area contributed by atoms with Gasteiger partial charge in [0.1, 0.15) is 0 Å². The van der Waals surface area contributed by atoms with Gasteiger partial charge in [-0.05, 0) is 24.4 Å². The molecule has 0 fully saturated rings. The molecule has 1 aromatic rings. The normalized spacial score (nSPS) is 9.47. The quantitative estimate of drug-likeness (QED) is 0.721. The van der Waals surface area contributed by atoms with E-state index in [-0.39, 0.29) is 11.1 Å². The highest BCUT2D eigenvalue weighted by Crippen LogP contribution is 2.15. The first kappa shape index (κ1) is 11.7. The van der Waals surface area contributed by atoms with Crippen LogP contribution in [0, 0.1) is 0 Å². The second-order valence-electron chi connectivity index (χ2n) is 2.89. The van der Waals surface area contributed by atoms with E-state index in [1.807, 2.05) is 30.3 Å². The summed E-state index contributed by atoms with van der Waals surface area (Å²) < 4.78 is 4.93. The lowest BCUT2D eigenvalue weighted by Crippen LogP contribution is -2.36. The van der Waals surface area contributed by atoms with Crippen LogP contribution >= 0.6 is 12.2 Å². The molecule has 1 rings (SSSR count). The molecule has 0 N–H and O–H groups in total. The van der Waals surface area contributed by atoms with Crippen LogP contribution in [-0.2, 0) is 9.53 Å². The van der Waals surface area contributed by atoms with Gasteiger partial charge in [-0.2, -0.15) is 0 Å². The van der Waals surface area contributed by atoms with Crippen molar-refractivity contribution in [1.82, 2.24) is 0 Å². The number of amides is 1. The fraction of sp³-hybridized carbons (Fsp3) is 0.273. The zero-order valence-corrected chi connectivity index (χ0v) is 9.58. The lowest BCUT2D eigenvalue weighted by atomic mass is 10.3. The van der Waals surface area contributed by atoms with Crippen LogP contribution in [0.4, 0.5) is 5.69 Å². The van der Waals surface area contributed by atoms with Crippen LogP contribution in [-0.4, -0.2) is 18.2 Å². The summed E-state index contributed by atoms with van der Waals surface area (Å²) >= 11 is 4.98. The summed E-state index contributed by atoms with van der Waals surface area (Å²) in [4.78, 5) is 13.1. The van der Waals surface area contributed by atoms with E-state index >= 15 is 0 Å². The molecule has 4 heteroatoms. The van der Waals surface area contributed by atoms with Gasteiger partial charge >= 0.3 is 0 Å². The van der Waals surface area contributed by atoms with E-state index in [4.69, 9.17) is 17.0 Å². The Morgan fingerprint density at radius 1 is 1.40 bits per heavy atom. The minimum absolute atomic E-state index is 0.0759. The molecule has 0 saturated carbocycles. The van der Waals surface area contributed by atoms with Gasteiger partial charge in [0.2, 0.25) is 5.91 Å². The van der Waals surface area contributed by atoms with Gasteiger partial charge in [-0.3, -0.25) is 4.79 Å². The molecular formula is C11H13NO2S. The molecule has 0 unspecified atom stereocenters. The average Bonchev–Trinajstić information content (AvgIpc) is 2.30. The van der Waals surface area contributed by atoms with Crippen molar-refractivity contribution in [3.05, 3.63) is 30.3 Å². The molecule has 0 atom stereocenters. The van der Waals surface area contributed by atoms with Gasteiger partial charge in [0.15, 0.2) is 0 Å². The Hall–Kier alpha value is -1.42. The number of benzene rings is 1. The molecule has 0 bridgehead atoms. The Bertz CT molecular complexity index is 335. The van der Waals surface area contributed by atoms with Gasteiger partial charge in [-0.1, -0.05) is 25.1 Å². The summed E-state index contributed by atoms with van der Waals surface area (Å²) in [5, 5.41) is 0.174. The van der Waals surface area contributed by atoms with E-state index in [9.17, 15) is 4.79 Å².